The maximum atomic E-state index is 12.2. The maximum Gasteiger partial charge on any atom is 0.287 e. The van der Waals surface area contributed by atoms with E-state index < -0.39 is 0 Å². The topological polar surface area (TPSA) is 73.0 Å². The summed E-state index contributed by atoms with van der Waals surface area (Å²) in [7, 11) is 0. The molecule has 1 N–H and O–H groups in total. The highest BCUT2D eigenvalue weighted by molar-refractivity contribution is 5.92. The molecular weight excluding hydrogens is 304 g/mol. The molecule has 0 aliphatic rings. The van der Waals surface area contributed by atoms with Gasteiger partial charge in [-0.05, 0) is 31.0 Å². The van der Waals surface area contributed by atoms with Crippen LogP contribution in [-0.2, 0) is 13.0 Å². The monoisotopic (exact) mass is 324 g/mol. The van der Waals surface area contributed by atoms with Gasteiger partial charge in [-0.2, -0.15) is 0 Å². The Kier molecular flexibility index (Phi) is 4.74. The summed E-state index contributed by atoms with van der Waals surface area (Å²) in [6, 6.07) is 11.7. The van der Waals surface area contributed by atoms with Crippen molar-refractivity contribution in [2.24, 2.45) is 0 Å². The Hall–Kier alpha value is -2.89. The van der Waals surface area contributed by atoms with E-state index in [0.717, 1.165) is 17.8 Å². The van der Waals surface area contributed by atoms with Crippen LogP contribution in [0, 0.1) is 6.92 Å². The number of furan rings is 1. The highest BCUT2D eigenvalue weighted by Gasteiger charge is 2.12. The van der Waals surface area contributed by atoms with Gasteiger partial charge in [-0.1, -0.05) is 31.2 Å². The van der Waals surface area contributed by atoms with Gasteiger partial charge >= 0.3 is 0 Å². The number of nitrogens with zero attached hydrogens (tertiary/aromatic N) is 3. The number of hydrogen-bond acceptors (Lipinski definition) is 4. The van der Waals surface area contributed by atoms with Crippen LogP contribution in [0.25, 0.3) is 11.3 Å². The van der Waals surface area contributed by atoms with Gasteiger partial charge < -0.3 is 14.3 Å². The molecule has 6 heteroatoms. The van der Waals surface area contributed by atoms with E-state index in [-0.39, 0.29) is 5.91 Å². The highest BCUT2D eigenvalue weighted by Crippen LogP contribution is 2.22. The SMILES string of the molecule is CCc1ccc(-c2ccc(C(=O)NCCn3cnnc3C)o2)cc1. The molecule has 0 aliphatic carbocycles. The fourth-order valence-corrected chi connectivity index (χ4v) is 2.43. The van der Waals surface area contributed by atoms with Gasteiger partial charge in [0.05, 0.1) is 0 Å². The standard InChI is InChI=1S/C18H20N4O2/c1-3-14-4-6-15(7-5-14)16-8-9-17(24-16)18(23)19-10-11-22-12-20-21-13(22)2/h4-9,12H,3,10-11H2,1-2H3,(H,19,23). The number of carbonyl (C=O) groups is 1. The number of aromatic nitrogens is 3. The lowest BCUT2D eigenvalue weighted by atomic mass is 10.1. The zero-order valence-electron chi connectivity index (χ0n) is 13.8. The molecular formula is C18H20N4O2. The molecule has 2 aromatic heterocycles. The molecule has 0 saturated heterocycles. The van der Waals surface area contributed by atoms with Crippen LogP contribution in [-0.4, -0.2) is 27.2 Å². The van der Waals surface area contributed by atoms with Crippen LogP contribution >= 0.6 is 0 Å². The number of benzene rings is 1. The maximum absolute atomic E-state index is 12.2. The molecule has 0 atom stereocenters. The van der Waals surface area contributed by atoms with E-state index in [9.17, 15) is 4.79 Å². The minimum atomic E-state index is -0.225. The predicted octanol–water partition coefficient (Wildman–Crippen LogP) is 2.84. The molecule has 0 unspecified atom stereocenters. The Morgan fingerprint density at radius 3 is 2.67 bits per heavy atom. The minimum absolute atomic E-state index is 0.225. The van der Waals surface area contributed by atoms with E-state index >= 15 is 0 Å². The third-order valence-corrected chi connectivity index (χ3v) is 3.92. The Morgan fingerprint density at radius 2 is 2.00 bits per heavy atom. The lowest BCUT2D eigenvalue weighted by molar-refractivity contribution is 0.0925. The summed E-state index contributed by atoms with van der Waals surface area (Å²) in [6.07, 6.45) is 2.64. The largest absolute Gasteiger partial charge is 0.451 e. The molecule has 6 nitrogen and oxygen atoms in total. The van der Waals surface area contributed by atoms with Gasteiger partial charge in [0.15, 0.2) is 5.76 Å². The van der Waals surface area contributed by atoms with Crippen LogP contribution in [0.1, 0.15) is 28.9 Å². The molecule has 0 bridgehead atoms. The molecule has 1 aromatic carbocycles. The Balaban J connectivity index is 1.59. The first kappa shape index (κ1) is 16.0. The van der Waals surface area contributed by atoms with Crippen molar-refractivity contribution >= 4 is 5.91 Å². The molecule has 0 radical (unpaired) electrons. The van der Waals surface area contributed by atoms with Gasteiger partial charge in [-0.15, -0.1) is 10.2 Å². The molecule has 124 valence electrons. The molecule has 3 aromatic rings. The Morgan fingerprint density at radius 1 is 1.21 bits per heavy atom. The first-order valence-electron chi connectivity index (χ1n) is 7.99. The summed E-state index contributed by atoms with van der Waals surface area (Å²) in [5, 5.41) is 10.6. The van der Waals surface area contributed by atoms with Gasteiger partial charge in [-0.25, -0.2) is 0 Å². The van der Waals surface area contributed by atoms with Crippen molar-refractivity contribution in [3.05, 3.63) is 59.9 Å². The van der Waals surface area contributed by atoms with E-state index in [4.69, 9.17) is 4.42 Å². The number of hydrogen-bond donors (Lipinski definition) is 1. The van der Waals surface area contributed by atoms with Gasteiger partial charge in [0.25, 0.3) is 5.91 Å². The molecule has 1 amide bonds. The smallest absolute Gasteiger partial charge is 0.287 e. The second kappa shape index (κ2) is 7.12. The van der Waals surface area contributed by atoms with Crippen molar-refractivity contribution in [1.82, 2.24) is 20.1 Å². The van der Waals surface area contributed by atoms with E-state index in [1.807, 2.05) is 29.7 Å². The fraction of sp³-hybridized carbons (Fsp3) is 0.278. The lowest BCUT2D eigenvalue weighted by Gasteiger charge is -2.05. The molecule has 0 spiro atoms. The number of nitrogens with one attached hydrogen (secondary N) is 1. The van der Waals surface area contributed by atoms with Crippen LogP contribution in [0.3, 0.4) is 0 Å². The van der Waals surface area contributed by atoms with Crippen LogP contribution < -0.4 is 5.32 Å². The summed E-state index contributed by atoms with van der Waals surface area (Å²) < 4.78 is 7.55. The summed E-state index contributed by atoms with van der Waals surface area (Å²) in [4.78, 5) is 12.2. The summed E-state index contributed by atoms with van der Waals surface area (Å²) >= 11 is 0. The normalized spacial score (nSPS) is 10.8. The van der Waals surface area contributed by atoms with Crippen molar-refractivity contribution in [2.45, 2.75) is 26.8 Å². The summed E-state index contributed by atoms with van der Waals surface area (Å²) in [5.41, 5.74) is 2.24. The van der Waals surface area contributed by atoms with Crippen molar-refractivity contribution in [2.75, 3.05) is 6.54 Å². The number of rotatable bonds is 6. The zero-order chi connectivity index (χ0) is 16.9. The molecule has 24 heavy (non-hydrogen) atoms. The first-order chi connectivity index (χ1) is 11.7. The van der Waals surface area contributed by atoms with Crippen molar-refractivity contribution in [3.8, 4) is 11.3 Å². The molecule has 0 aliphatic heterocycles. The second-order valence-corrected chi connectivity index (χ2v) is 5.54. The third-order valence-electron chi connectivity index (χ3n) is 3.92. The van der Waals surface area contributed by atoms with Crippen molar-refractivity contribution in [3.63, 3.8) is 0 Å². The molecule has 2 heterocycles. The first-order valence-corrected chi connectivity index (χ1v) is 7.99. The van der Waals surface area contributed by atoms with E-state index in [1.165, 1.54) is 5.56 Å². The van der Waals surface area contributed by atoms with Gasteiger partial charge in [0.2, 0.25) is 0 Å². The van der Waals surface area contributed by atoms with Crippen LogP contribution in [0.2, 0.25) is 0 Å². The van der Waals surface area contributed by atoms with Crippen LogP contribution in [0.4, 0.5) is 0 Å². The minimum Gasteiger partial charge on any atom is -0.451 e. The second-order valence-electron chi connectivity index (χ2n) is 5.54. The Labute approximate surface area is 140 Å². The van der Waals surface area contributed by atoms with E-state index in [0.29, 0.717) is 24.6 Å². The quantitative estimate of drug-likeness (QED) is 0.757. The Bertz CT molecular complexity index is 818. The highest BCUT2D eigenvalue weighted by atomic mass is 16.3. The fourth-order valence-electron chi connectivity index (χ4n) is 2.43. The average Bonchev–Trinajstić information content (AvgIpc) is 3.25. The average molecular weight is 324 g/mol. The summed E-state index contributed by atoms with van der Waals surface area (Å²) in [6.45, 7) is 5.10. The van der Waals surface area contributed by atoms with Crippen molar-refractivity contribution in [1.29, 1.82) is 0 Å². The van der Waals surface area contributed by atoms with Crippen LogP contribution in [0.5, 0.6) is 0 Å². The number of carbonyl (C=O) groups excluding carboxylic acids is 1. The summed E-state index contributed by atoms with van der Waals surface area (Å²) in [5.74, 6) is 1.60. The van der Waals surface area contributed by atoms with E-state index in [1.54, 1.807) is 12.4 Å². The predicted molar refractivity (Wildman–Crippen MR) is 90.6 cm³/mol. The number of aryl methyl sites for hydroxylation is 2. The van der Waals surface area contributed by atoms with Gasteiger partial charge in [0.1, 0.15) is 17.9 Å². The van der Waals surface area contributed by atoms with Gasteiger partial charge in [-0.3, -0.25) is 4.79 Å². The molecule has 0 saturated carbocycles. The van der Waals surface area contributed by atoms with Gasteiger partial charge in [0, 0.05) is 18.7 Å². The lowest BCUT2D eigenvalue weighted by Crippen LogP contribution is -2.27. The van der Waals surface area contributed by atoms with Crippen molar-refractivity contribution < 1.29 is 9.21 Å². The molecule has 0 fully saturated rings. The number of amides is 1. The zero-order valence-corrected chi connectivity index (χ0v) is 13.8. The van der Waals surface area contributed by atoms with Crippen LogP contribution in [0.15, 0.2) is 47.1 Å². The third kappa shape index (κ3) is 3.53. The van der Waals surface area contributed by atoms with E-state index in [2.05, 4.69) is 34.6 Å². The molecule has 3 rings (SSSR count).